The fourth-order valence-electron chi connectivity index (χ4n) is 4.18. The lowest BCUT2D eigenvalue weighted by molar-refractivity contribution is 0.461. The Hall–Kier alpha value is -2.67. The molecule has 0 amide bonds. The lowest BCUT2D eigenvalue weighted by atomic mass is 9.89. The van der Waals surface area contributed by atoms with E-state index in [-0.39, 0.29) is 0 Å². The van der Waals surface area contributed by atoms with Gasteiger partial charge in [0.1, 0.15) is 12.1 Å². The molecule has 0 radical (unpaired) electrons. The van der Waals surface area contributed by atoms with Crippen LogP contribution >= 0.6 is 11.3 Å². The van der Waals surface area contributed by atoms with Gasteiger partial charge in [-0.15, -0.1) is 11.3 Å². The van der Waals surface area contributed by atoms with Gasteiger partial charge in [-0.3, -0.25) is 5.43 Å². The van der Waals surface area contributed by atoms with Crippen molar-refractivity contribution in [3.63, 3.8) is 0 Å². The van der Waals surface area contributed by atoms with Crippen LogP contribution in [0.15, 0.2) is 22.9 Å². The van der Waals surface area contributed by atoms with Gasteiger partial charge in [0.25, 0.3) is 0 Å². The first kappa shape index (κ1) is 16.5. The third-order valence-electron chi connectivity index (χ3n) is 5.43. The Morgan fingerprint density at radius 2 is 2.11 bits per heavy atom. The fraction of sp³-hybridized carbons (Fsp3) is 0.350. The molecule has 2 N–H and O–H groups in total. The van der Waals surface area contributed by atoms with E-state index in [2.05, 4.69) is 36.8 Å². The van der Waals surface area contributed by atoms with Crippen molar-refractivity contribution in [1.82, 2.24) is 9.97 Å². The second kappa shape index (κ2) is 6.49. The van der Waals surface area contributed by atoms with Crippen molar-refractivity contribution >= 4 is 39.3 Å². The minimum absolute atomic E-state index is 0.366. The van der Waals surface area contributed by atoms with Crippen LogP contribution in [0.2, 0.25) is 0 Å². The van der Waals surface area contributed by atoms with Crippen LogP contribution in [0.1, 0.15) is 35.1 Å². The molecule has 3 aromatic rings. The SMILES string of the molecule is Cc1csc2c(N/N=C\c3cc4c5c(c3O)CCCN5CCC4)ncnc12. The van der Waals surface area contributed by atoms with Crippen LogP contribution in [0.4, 0.5) is 11.5 Å². The molecule has 4 heterocycles. The summed E-state index contributed by atoms with van der Waals surface area (Å²) in [5.41, 5.74) is 9.56. The van der Waals surface area contributed by atoms with Crippen LogP contribution in [0, 0.1) is 6.92 Å². The molecule has 0 atom stereocenters. The maximum absolute atomic E-state index is 10.8. The Balaban J connectivity index is 1.47. The van der Waals surface area contributed by atoms with Gasteiger partial charge in [0.05, 0.1) is 16.4 Å². The molecule has 138 valence electrons. The molecule has 0 aliphatic carbocycles. The zero-order valence-electron chi connectivity index (χ0n) is 15.2. The van der Waals surface area contributed by atoms with Crippen molar-refractivity contribution in [3.8, 4) is 5.75 Å². The zero-order chi connectivity index (χ0) is 18.4. The first-order valence-electron chi connectivity index (χ1n) is 9.33. The number of anilines is 2. The maximum Gasteiger partial charge on any atom is 0.167 e. The van der Waals surface area contributed by atoms with Gasteiger partial charge in [0.2, 0.25) is 0 Å². The number of aryl methyl sites for hydroxylation is 2. The van der Waals surface area contributed by atoms with Gasteiger partial charge < -0.3 is 10.0 Å². The third kappa shape index (κ3) is 2.73. The lowest BCUT2D eigenvalue weighted by Gasteiger charge is -2.37. The number of thiophene rings is 1. The molecule has 2 aromatic heterocycles. The molecule has 6 nitrogen and oxygen atoms in total. The smallest absolute Gasteiger partial charge is 0.167 e. The number of hydrogen-bond donors (Lipinski definition) is 2. The zero-order valence-corrected chi connectivity index (χ0v) is 16.0. The number of aromatic nitrogens is 2. The van der Waals surface area contributed by atoms with Gasteiger partial charge in [-0.05, 0) is 55.2 Å². The molecular formula is C20H21N5OS. The molecule has 0 saturated heterocycles. The number of nitrogens with one attached hydrogen (secondary N) is 1. The molecule has 2 aliphatic heterocycles. The molecule has 0 bridgehead atoms. The number of benzene rings is 1. The summed E-state index contributed by atoms with van der Waals surface area (Å²) < 4.78 is 0.993. The van der Waals surface area contributed by atoms with Crippen LogP contribution in [0.3, 0.4) is 0 Å². The summed E-state index contributed by atoms with van der Waals surface area (Å²) in [5.74, 6) is 1.06. The van der Waals surface area contributed by atoms with Crippen molar-refractivity contribution in [3.05, 3.63) is 40.0 Å². The average molecular weight is 379 g/mol. The predicted octanol–water partition coefficient (Wildman–Crippen LogP) is 3.85. The lowest BCUT2D eigenvalue weighted by Crippen LogP contribution is -2.34. The summed E-state index contributed by atoms with van der Waals surface area (Å²) in [7, 11) is 0. The molecule has 0 saturated carbocycles. The largest absolute Gasteiger partial charge is 0.507 e. The van der Waals surface area contributed by atoms with Crippen molar-refractivity contribution in [2.75, 3.05) is 23.4 Å². The van der Waals surface area contributed by atoms with E-state index >= 15 is 0 Å². The van der Waals surface area contributed by atoms with E-state index in [0.717, 1.165) is 59.3 Å². The first-order chi connectivity index (χ1) is 13.2. The molecule has 7 heteroatoms. The Morgan fingerprint density at radius 1 is 1.26 bits per heavy atom. The van der Waals surface area contributed by atoms with Crippen LogP contribution in [-0.4, -0.2) is 34.4 Å². The molecule has 5 rings (SSSR count). The summed E-state index contributed by atoms with van der Waals surface area (Å²) in [6.45, 7) is 4.23. The number of rotatable bonds is 3. The van der Waals surface area contributed by atoms with E-state index < -0.39 is 0 Å². The third-order valence-corrected chi connectivity index (χ3v) is 6.52. The highest BCUT2D eigenvalue weighted by Gasteiger charge is 2.27. The summed E-state index contributed by atoms with van der Waals surface area (Å²) in [5, 5.41) is 17.2. The van der Waals surface area contributed by atoms with Gasteiger partial charge in [-0.2, -0.15) is 5.10 Å². The van der Waals surface area contributed by atoms with E-state index in [0.29, 0.717) is 11.6 Å². The number of fused-ring (bicyclic) bond motifs is 1. The van der Waals surface area contributed by atoms with Gasteiger partial charge in [-0.25, -0.2) is 9.97 Å². The quantitative estimate of drug-likeness (QED) is 0.534. The molecule has 0 fully saturated rings. The van der Waals surface area contributed by atoms with E-state index in [9.17, 15) is 5.11 Å². The monoisotopic (exact) mass is 379 g/mol. The van der Waals surface area contributed by atoms with Crippen LogP contribution in [0.5, 0.6) is 5.75 Å². The van der Waals surface area contributed by atoms with Crippen LogP contribution in [-0.2, 0) is 12.8 Å². The summed E-state index contributed by atoms with van der Waals surface area (Å²) in [4.78, 5) is 11.1. The highest BCUT2D eigenvalue weighted by Crippen LogP contribution is 2.41. The van der Waals surface area contributed by atoms with Crippen LogP contribution < -0.4 is 10.3 Å². The maximum atomic E-state index is 10.8. The van der Waals surface area contributed by atoms with Gasteiger partial charge >= 0.3 is 0 Å². The summed E-state index contributed by atoms with van der Waals surface area (Å²) in [6.07, 6.45) is 7.51. The topological polar surface area (TPSA) is 73.6 Å². The van der Waals surface area contributed by atoms with Crippen molar-refractivity contribution in [1.29, 1.82) is 0 Å². The van der Waals surface area contributed by atoms with Gasteiger partial charge in [-0.1, -0.05) is 0 Å². The fourth-order valence-corrected chi connectivity index (χ4v) is 5.12. The van der Waals surface area contributed by atoms with Crippen molar-refractivity contribution < 1.29 is 5.11 Å². The van der Waals surface area contributed by atoms with Gasteiger partial charge in [0, 0.05) is 29.9 Å². The molecule has 27 heavy (non-hydrogen) atoms. The van der Waals surface area contributed by atoms with Crippen molar-refractivity contribution in [2.45, 2.75) is 32.6 Å². The first-order valence-corrected chi connectivity index (χ1v) is 10.2. The molecule has 0 spiro atoms. The Bertz CT molecular complexity index is 1060. The normalized spacial score (nSPS) is 16.1. The standard InChI is InChI=1S/C20H21N5OS/c1-12-10-27-19-16(12)21-11-22-20(19)24-23-9-14-8-13-4-2-6-25-7-3-5-15(17(13)25)18(14)26/h8-11,26H,2-7H2,1H3,(H,21,22,24)/b23-9-. The van der Waals surface area contributed by atoms with E-state index in [4.69, 9.17) is 0 Å². The molecule has 0 unspecified atom stereocenters. The van der Waals surface area contributed by atoms with Crippen molar-refractivity contribution in [2.24, 2.45) is 5.10 Å². The minimum atomic E-state index is 0.366. The molecule has 1 aromatic carbocycles. The Labute approximate surface area is 161 Å². The minimum Gasteiger partial charge on any atom is -0.507 e. The average Bonchev–Trinajstić information content (AvgIpc) is 3.07. The highest BCUT2D eigenvalue weighted by atomic mass is 32.1. The second-order valence-electron chi connectivity index (χ2n) is 7.18. The summed E-state index contributed by atoms with van der Waals surface area (Å²) >= 11 is 1.61. The number of aromatic hydroxyl groups is 1. The summed E-state index contributed by atoms with van der Waals surface area (Å²) in [6, 6.07) is 2.09. The molecule has 2 aliphatic rings. The van der Waals surface area contributed by atoms with Crippen LogP contribution in [0.25, 0.3) is 10.2 Å². The number of phenolic OH excluding ortho intramolecular Hbond substituents is 1. The molecular weight excluding hydrogens is 358 g/mol. The van der Waals surface area contributed by atoms with E-state index in [1.807, 2.05) is 6.92 Å². The predicted molar refractivity (Wildman–Crippen MR) is 110 cm³/mol. The highest BCUT2D eigenvalue weighted by molar-refractivity contribution is 7.18. The number of nitrogens with zero attached hydrogens (tertiary/aromatic N) is 4. The number of phenols is 1. The number of hydrazone groups is 1. The number of hydrogen-bond acceptors (Lipinski definition) is 7. The van der Waals surface area contributed by atoms with Gasteiger partial charge in [0.15, 0.2) is 5.82 Å². The van der Waals surface area contributed by atoms with E-state index in [1.165, 1.54) is 17.7 Å². The van der Waals surface area contributed by atoms with E-state index in [1.54, 1.807) is 23.9 Å². The Morgan fingerprint density at radius 3 is 3.00 bits per heavy atom. The Kier molecular flexibility index (Phi) is 3.97. The second-order valence-corrected chi connectivity index (χ2v) is 8.06.